The zero-order valence-electron chi connectivity index (χ0n) is 14.9. The first-order valence-electron chi connectivity index (χ1n) is 9.48. The van der Waals surface area contributed by atoms with Crippen molar-refractivity contribution in [3.05, 3.63) is 71.3 Å². The van der Waals surface area contributed by atoms with Crippen LogP contribution in [0.3, 0.4) is 0 Å². The van der Waals surface area contributed by atoms with Gasteiger partial charge in [-0.25, -0.2) is 0 Å². The summed E-state index contributed by atoms with van der Waals surface area (Å²) in [5.74, 6) is -0.0774. The van der Waals surface area contributed by atoms with Crippen molar-refractivity contribution in [2.75, 3.05) is 6.54 Å². The molecule has 2 aliphatic rings. The van der Waals surface area contributed by atoms with Gasteiger partial charge in [-0.1, -0.05) is 61.4 Å². The van der Waals surface area contributed by atoms with E-state index in [9.17, 15) is 9.59 Å². The Hall–Kier alpha value is -2.62. The zero-order chi connectivity index (χ0) is 17.9. The van der Waals surface area contributed by atoms with Crippen molar-refractivity contribution in [1.82, 2.24) is 10.2 Å². The van der Waals surface area contributed by atoms with Crippen molar-refractivity contribution in [1.29, 1.82) is 0 Å². The highest BCUT2D eigenvalue weighted by atomic mass is 16.2. The number of carbonyl (C=O) groups is 2. The van der Waals surface area contributed by atoms with Crippen LogP contribution in [-0.4, -0.2) is 29.3 Å². The van der Waals surface area contributed by atoms with Crippen molar-refractivity contribution in [2.24, 2.45) is 0 Å². The minimum Gasteiger partial charge on any atom is -0.351 e. The number of rotatable bonds is 5. The van der Waals surface area contributed by atoms with E-state index >= 15 is 0 Å². The molecule has 0 spiro atoms. The second-order valence-corrected chi connectivity index (χ2v) is 7.21. The van der Waals surface area contributed by atoms with Crippen LogP contribution in [0.15, 0.2) is 54.6 Å². The Labute approximate surface area is 154 Å². The van der Waals surface area contributed by atoms with E-state index < -0.39 is 6.04 Å². The van der Waals surface area contributed by atoms with Crippen LogP contribution in [0.5, 0.6) is 0 Å². The molecular formula is C22H24N2O2. The molecule has 0 saturated heterocycles. The first-order valence-corrected chi connectivity index (χ1v) is 9.48. The molecule has 1 atom stereocenters. The zero-order valence-corrected chi connectivity index (χ0v) is 14.9. The van der Waals surface area contributed by atoms with Crippen LogP contribution in [0.25, 0.3) is 0 Å². The van der Waals surface area contributed by atoms with Gasteiger partial charge in [0.15, 0.2) is 0 Å². The molecule has 0 radical (unpaired) electrons. The van der Waals surface area contributed by atoms with E-state index in [1.54, 1.807) is 4.90 Å². The third kappa shape index (κ3) is 3.24. The lowest BCUT2D eigenvalue weighted by atomic mass is 10.0. The van der Waals surface area contributed by atoms with Crippen LogP contribution in [0.4, 0.5) is 0 Å². The average molecular weight is 348 g/mol. The minimum atomic E-state index is -0.511. The van der Waals surface area contributed by atoms with Crippen LogP contribution in [0.2, 0.25) is 0 Å². The smallest absolute Gasteiger partial charge is 0.255 e. The Kier molecular flexibility index (Phi) is 4.74. The van der Waals surface area contributed by atoms with Crippen LogP contribution in [0, 0.1) is 0 Å². The maximum Gasteiger partial charge on any atom is 0.255 e. The third-order valence-corrected chi connectivity index (χ3v) is 5.49. The lowest BCUT2D eigenvalue weighted by molar-refractivity contribution is -0.126. The van der Waals surface area contributed by atoms with E-state index in [0.717, 1.165) is 24.8 Å². The Morgan fingerprint density at radius 3 is 2.46 bits per heavy atom. The van der Waals surface area contributed by atoms with Crippen LogP contribution in [-0.2, 0) is 11.2 Å². The second kappa shape index (κ2) is 7.32. The van der Waals surface area contributed by atoms with E-state index in [-0.39, 0.29) is 17.9 Å². The van der Waals surface area contributed by atoms with Gasteiger partial charge >= 0.3 is 0 Å². The molecule has 4 rings (SSSR count). The van der Waals surface area contributed by atoms with Crippen molar-refractivity contribution >= 4 is 11.8 Å². The SMILES string of the molecule is O=C(NC1CCCC1)C1c2ccccc2C(=O)N1CCc1ccccc1. The monoisotopic (exact) mass is 348 g/mol. The number of amides is 2. The molecule has 2 aromatic carbocycles. The molecule has 1 aliphatic carbocycles. The van der Waals surface area contributed by atoms with E-state index in [1.165, 1.54) is 18.4 Å². The first kappa shape index (κ1) is 16.8. The minimum absolute atomic E-state index is 0.0386. The molecule has 0 bridgehead atoms. The number of fused-ring (bicyclic) bond motifs is 1. The molecule has 1 unspecified atom stereocenters. The Morgan fingerprint density at radius 1 is 1.00 bits per heavy atom. The number of hydrogen-bond donors (Lipinski definition) is 1. The summed E-state index contributed by atoms with van der Waals surface area (Å²) in [4.78, 5) is 27.7. The third-order valence-electron chi connectivity index (χ3n) is 5.49. The number of nitrogens with one attached hydrogen (secondary N) is 1. The molecule has 26 heavy (non-hydrogen) atoms. The molecule has 134 valence electrons. The lowest BCUT2D eigenvalue weighted by Crippen LogP contribution is -2.43. The Balaban J connectivity index is 1.56. The van der Waals surface area contributed by atoms with Gasteiger partial charge in [0.1, 0.15) is 6.04 Å². The fourth-order valence-corrected chi connectivity index (χ4v) is 4.13. The Morgan fingerprint density at radius 2 is 1.69 bits per heavy atom. The van der Waals surface area contributed by atoms with Gasteiger partial charge in [0, 0.05) is 18.2 Å². The maximum atomic E-state index is 13.0. The van der Waals surface area contributed by atoms with Gasteiger partial charge in [0.05, 0.1) is 0 Å². The van der Waals surface area contributed by atoms with Gasteiger partial charge in [-0.15, -0.1) is 0 Å². The van der Waals surface area contributed by atoms with Gasteiger partial charge in [-0.05, 0) is 36.5 Å². The molecule has 1 N–H and O–H groups in total. The van der Waals surface area contributed by atoms with Crippen LogP contribution in [0.1, 0.15) is 53.2 Å². The van der Waals surface area contributed by atoms with Crippen molar-refractivity contribution in [3.8, 4) is 0 Å². The van der Waals surface area contributed by atoms with Crippen molar-refractivity contribution in [2.45, 2.75) is 44.2 Å². The number of carbonyl (C=O) groups excluding carboxylic acids is 2. The molecule has 1 heterocycles. The van der Waals surface area contributed by atoms with E-state index in [4.69, 9.17) is 0 Å². The molecule has 4 nitrogen and oxygen atoms in total. The standard InChI is InChI=1S/C22H24N2O2/c25-21(23-17-10-4-5-11-17)20-18-12-6-7-13-19(18)22(26)24(20)15-14-16-8-2-1-3-9-16/h1-3,6-9,12-13,17,20H,4-5,10-11,14-15H2,(H,23,25). The van der Waals surface area contributed by atoms with Gasteiger partial charge in [-0.3, -0.25) is 9.59 Å². The summed E-state index contributed by atoms with van der Waals surface area (Å²) in [5, 5.41) is 3.18. The fourth-order valence-electron chi connectivity index (χ4n) is 4.13. The molecular weight excluding hydrogens is 324 g/mol. The molecule has 4 heteroatoms. The summed E-state index contributed by atoms with van der Waals surface area (Å²) < 4.78 is 0. The highest BCUT2D eigenvalue weighted by Gasteiger charge is 2.41. The number of nitrogens with zero attached hydrogens (tertiary/aromatic N) is 1. The van der Waals surface area contributed by atoms with E-state index in [2.05, 4.69) is 17.4 Å². The van der Waals surface area contributed by atoms with Crippen LogP contribution >= 0.6 is 0 Å². The number of benzene rings is 2. The summed E-state index contributed by atoms with van der Waals surface area (Å²) in [7, 11) is 0. The second-order valence-electron chi connectivity index (χ2n) is 7.21. The quantitative estimate of drug-likeness (QED) is 0.899. The normalized spacial score (nSPS) is 19.6. The summed E-state index contributed by atoms with van der Waals surface area (Å²) in [6, 6.07) is 17.3. The van der Waals surface area contributed by atoms with Gasteiger partial charge < -0.3 is 10.2 Å². The summed E-state index contributed by atoms with van der Waals surface area (Å²) in [6.45, 7) is 0.542. The molecule has 0 aromatic heterocycles. The largest absolute Gasteiger partial charge is 0.351 e. The molecule has 2 aromatic rings. The van der Waals surface area contributed by atoms with Crippen molar-refractivity contribution in [3.63, 3.8) is 0 Å². The Bertz CT molecular complexity index is 797. The molecule has 2 amide bonds. The van der Waals surface area contributed by atoms with Gasteiger partial charge in [-0.2, -0.15) is 0 Å². The molecule has 1 saturated carbocycles. The van der Waals surface area contributed by atoms with Gasteiger partial charge in [0.25, 0.3) is 5.91 Å². The first-order chi connectivity index (χ1) is 12.7. The van der Waals surface area contributed by atoms with Crippen molar-refractivity contribution < 1.29 is 9.59 Å². The highest BCUT2D eigenvalue weighted by Crippen LogP contribution is 2.34. The number of hydrogen-bond acceptors (Lipinski definition) is 2. The molecule has 1 fully saturated rings. The maximum absolute atomic E-state index is 13.0. The fraction of sp³-hybridized carbons (Fsp3) is 0.364. The van der Waals surface area contributed by atoms with E-state index in [1.807, 2.05) is 42.5 Å². The topological polar surface area (TPSA) is 49.4 Å². The lowest BCUT2D eigenvalue weighted by Gasteiger charge is -2.26. The van der Waals surface area contributed by atoms with Gasteiger partial charge in [0.2, 0.25) is 5.91 Å². The van der Waals surface area contributed by atoms with E-state index in [0.29, 0.717) is 12.1 Å². The summed E-state index contributed by atoms with van der Waals surface area (Å²) in [6.07, 6.45) is 5.16. The highest BCUT2D eigenvalue weighted by molar-refractivity contribution is 6.04. The predicted molar refractivity (Wildman–Crippen MR) is 101 cm³/mol. The molecule has 1 aliphatic heterocycles. The summed E-state index contributed by atoms with van der Waals surface area (Å²) >= 11 is 0. The average Bonchev–Trinajstić information content (AvgIpc) is 3.27. The predicted octanol–water partition coefficient (Wildman–Crippen LogP) is 3.49. The summed E-state index contributed by atoms with van der Waals surface area (Å²) in [5.41, 5.74) is 2.67. The van der Waals surface area contributed by atoms with Crippen LogP contribution < -0.4 is 5.32 Å².